The molecule has 1 aromatic carbocycles. The third kappa shape index (κ3) is 2.49. The zero-order valence-electron chi connectivity index (χ0n) is 11.5. The van der Waals surface area contributed by atoms with Crippen LogP contribution in [0.1, 0.15) is 13.8 Å². The summed E-state index contributed by atoms with van der Waals surface area (Å²) < 4.78 is 28.2. The molecule has 0 amide bonds. The molecular weight excluding hydrogens is 276 g/mol. The van der Waals surface area contributed by atoms with E-state index < -0.39 is 10.0 Å². The fourth-order valence-electron chi connectivity index (χ4n) is 1.98. The highest BCUT2D eigenvalue weighted by molar-refractivity contribution is 7.93. The molecule has 0 bridgehead atoms. The van der Waals surface area contributed by atoms with Crippen molar-refractivity contribution in [2.75, 3.05) is 16.6 Å². The van der Waals surface area contributed by atoms with Gasteiger partial charge in [-0.05, 0) is 26.0 Å². The number of sulfonamides is 1. The Hall–Kier alpha value is -2.02. The Balaban J connectivity index is 2.49. The normalized spacial score (nSPS) is 11.5. The molecule has 0 fully saturated rings. The fraction of sp³-hybridized carbons (Fsp3) is 0.308. The van der Waals surface area contributed by atoms with E-state index in [1.54, 1.807) is 31.2 Å². The fourth-order valence-corrected chi connectivity index (χ4v) is 3.52. The van der Waals surface area contributed by atoms with Crippen molar-refractivity contribution in [1.29, 1.82) is 0 Å². The molecule has 0 aliphatic carbocycles. The Morgan fingerprint density at radius 2 is 1.90 bits per heavy atom. The van der Waals surface area contributed by atoms with E-state index in [0.29, 0.717) is 18.8 Å². The third-order valence-corrected chi connectivity index (χ3v) is 4.90. The van der Waals surface area contributed by atoms with Gasteiger partial charge in [0.2, 0.25) is 0 Å². The average molecular weight is 294 g/mol. The summed E-state index contributed by atoms with van der Waals surface area (Å²) in [6.45, 7) is 4.54. The molecule has 7 heteroatoms. The molecule has 0 spiro atoms. The summed E-state index contributed by atoms with van der Waals surface area (Å²) >= 11 is 0. The molecule has 1 aromatic heterocycles. The molecule has 2 aromatic rings. The van der Waals surface area contributed by atoms with Crippen LogP contribution in [0.3, 0.4) is 0 Å². The number of hydrogen-bond acceptors (Lipinski definition) is 4. The van der Waals surface area contributed by atoms with Crippen molar-refractivity contribution >= 4 is 21.5 Å². The van der Waals surface area contributed by atoms with E-state index in [9.17, 15) is 8.42 Å². The Kier molecular flexibility index (Phi) is 3.99. The molecule has 0 aliphatic rings. The first kappa shape index (κ1) is 14.4. The number of nitrogen functional groups attached to an aromatic ring is 1. The molecule has 0 saturated carbocycles. The molecule has 2 N–H and O–H groups in total. The summed E-state index contributed by atoms with van der Waals surface area (Å²) in [4.78, 5) is 0.0463. The van der Waals surface area contributed by atoms with Crippen LogP contribution in [-0.4, -0.2) is 24.7 Å². The SMILES string of the molecule is CCN(c1ccccc1)S(=O)(=O)c1cn(CC)nc1N. The number of rotatable bonds is 5. The number of aromatic nitrogens is 2. The summed E-state index contributed by atoms with van der Waals surface area (Å²) in [6.07, 6.45) is 1.47. The summed E-state index contributed by atoms with van der Waals surface area (Å²) in [5, 5.41) is 3.99. The number of benzene rings is 1. The van der Waals surface area contributed by atoms with Gasteiger partial charge in [-0.3, -0.25) is 8.99 Å². The minimum atomic E-state index is -3.70. The van der Waals surface area contributed by atoms with Crippen LogP contribution in [0.25, 0.3) is 0 Å². The number of nitrogens with two attached hydrogens (primary N) is 1. The van der Waals surface area contributed by atoms with Crippen molar-refractivity contribution in [2.45, 2.75) is 25.3 Å². The van der Waals surface area contributed by atoms with E-state index >= 15 is 0 Å². The molecule has 20 heavy (non-hydrogen) atoms. The lowest BCUT2D eigenvalue weighted by Crippen LogP contribution is -2.31. The van der Waals surface area contributed by atoms with Gasteiger partial charge in [0.1, 0.15) is 4.90 Å². The Bertz CT molecular complexity index is 680. The Morgan fingerprint density at radius 3 is 2.40 bits per heavy atom. The van der Waals surface area contributed by atoms with Gasteiger partial charge in [-0.15, -0.1) is 0 Å². The molecular formula is C13H18N4O2S. The van der Waals surface area contributed by atoms with E-state index in [1.165, 1.54) is 15.2 Å². The zero-order chi connectivity index (χ0) is 14.8. The molecule has 0 saturated heterocycles. The second-order valence-corrected chi connectivity index (χ2v) is 6.07. The second-order valence-electron chi connectivity index (χ2n) is 4.24. The predicted molar refractivity (Wildman–Crippen MR) is 79.0 cm³/mol. The van der Waals surface area contributed by atoms with Crippen LogP contribution >= 0.6 is 0 Å². The number of para-hydroxylation sites is 1. The van der Waals surface area contributed by atoms with Gasteiger partial charge in [0, 0.05) is 19.3 Å². The monoisotopic (exact) mass is 294 g/mol. The van der Waals surface area contributed by atoms with E-state index in [0.717, 1.165) is 0 Å². The third-order valence-electron chi connectivity index (χ3n) is 2.98. The minimum Gasteiger partial charge on any atom is -0.381 e. The summed E-state index contributed by atoms with van der Waals surface area (Å²) in [5.41, 5.74) is 6.35. The smallest absolute Gasteiger partial charge is 0.269 e. The maximum Gasteiger partial charge on any atom is 0.269 e. The Labute approximate surface area is 118 Å². The first-order valence-corrected chi connectivity index (χ1v) is 7.85. The van der Waals surface area contributed by atoms with E-state index in [-0.39, 0.29) is 10.7 Å². The van der Waals surface area contributed by atoms with Gasteiger partial charge in [-0.2, -0.15) is 5.10 Å². The summed E-state index contributed by atoms with van der Waals surface area (Å²) in [5.74, 6) is 0.0289. The quantitative estimate of drug-likeness (QED) is 0.910. The van der Waals surface area contributed by atoms with Gasteiger partial charge in [0.05, 0.1) is 5.69 Å². The highest BCUT2D eigenvalue weighted by atomic mass is 32.2. The summed E-state index contributed by atoms with van der Waals surface area (Å²) in [7, 11) is -3.70. The number of nitrogens with zero attached hydrogens (tertiary/aromatic N) is 3. The van der Waals surface area contributed by atoms with Crippen LogP contribution in [0.4, 0.5) is 11.5 Å². The van der Waals surface area contributed by atoms with Gasteiger partial charge in [-0.25, -0.2) is 8.42 Å². The molecule has 108 valence electrons. The van der Waals surface area contributed by atoms with Crippen LogP contribution < -0.4 is 10.0 Å². The maximum atomic E-state index is 12.7. The van der Waals surface area contributed by atoms with Gasteiger partial charge >= 0.3 is 0 Å². The van der Waals surface area contributed by atoms with Crippen molar-refractivity contribution in [2.24, 2.45) is 0 Å². The lowest BCUT2D eigenvalue weighted by atomic mass is 10.3. The van der Waals surface area contributed by atoms with E-state index in [2.05, 4.69) is 5.10 Å². The average Bonchev–Trinajstić information content (AvgIpc) is 2.82. The second kappa shape index (κ2) is 5.54. The Morgan fingerprint density at radius 1 is 1.25 bits per heavy atom. The van der Waals surface area contributed by atoms with Crippen LogP contribution in [0.5, 0.6) is 0 Å². The molecule has 0 radical (unpaired) electrons. The molecule has 0 atom stereocenters. The van der Waals surface area contributed by atoms with Crippen molar-refractivity contribution in [1.82, 2.24) is 9.78 Å². The van der Waals surface area contributed by atoms with Crippen LogP contribution in [0.2, 0.25) is 0 Å². The molecule has 0 unspecified atom stereocenters. The van der Waals surface area contributed by atoms with E-state index in [1.807, 2.05) is 13.0 Å². The van der Waals surface area contributed by atoms with Gasteiger partial charge in [0.15, 0.2) is 5.82 Å². The highest BCUT2D eigenvalue weighted by Gasteiger charge is 2.28. The van der Waals surface area contributed by atoms with Crippen LogP contribution in [0, 0.1) is 0 Å². The topological polar surface area (TPSA) is 81.2 Å². The standard InChI is InChI=1S/C13H18N4O2S/c1-3-16-10-12(13(14)15-16)20(18,19)17(4-2)11-8-6-5-7-9-11/h5-10H,3-4H2,1-2H3,(H2,14,15). The number of anilines is 2. The largest absolute Gasteiger partial charge is 0.381 e. The lowest BCUT2D eigenvalue weighted by molar-refractivity contribution is 0.591. The van der Waals surface area contributed by atoms with Crippen molar-refractivity contribution < 1.29 is 8.42 Å². The lowest BCUT2D eigenvalue weighted by Gasteiger charge is -2.22. The van der Waals surface area contributed by atoms with Crippen molar-refractivity contribution in [3.63, 3.8) is 0 Å². The van der Waals surface area contributed by atoms with Gasteiger partial charge in [-0.1, -0.05) is 18.2 Å². The van der Waals surface area contributed by atoms with Crippen LogP contribution in [0.15, 0.2) is 41.4 Å². The van der Waals surface area contributed by atoms with Crippen LogP contribution in [-0.2, 0) is 16.6 Å². The molecule has 0 aliphatic heterocycles. The molecule has 2 rings (SSSR count). The van der Waals surface area contributed by atoms with Gasteiger partial charge < -0.3 is 5.73 Å². The van der Waals surface area contributed by atoms with Crippen molar-refractivity contribution in [3.8, 4) is 0 Å². The first-order valence-electron chi connectivity index (χ1n) is 6.41. The highest BCUT2D eigenvalue weighted by Crippen LogP contribution is 2.26. The molecule has 1 heterocycles. The number of hydrogen-bond donors (Lipinski definition) is 1. The van der Waals surface area contributed by atoms with Gasteiger partial charge in [0.25, 0.3) is 10.0 Å². The maximum absolute atomic E-state index is 12.7. The van der Waals surface area contributed by atoms with Crippen molar-refractivity contribution in [3.05, 3.63) is 36.5 Å². The predicted octanol–water partition coefficient (Wildman–Crippen LogP) is 1.70. The zero-order valence-corrected chi connectivity index (χ0v) is 12.3. The van der Waals surface area contributed by atoms with E-state index in [4.69, 9.17) is 5.73 Å². The molecule has 6 nitrogen and oxygen atoms in total. The number of aryl methyl sites for hydroxylation is 1. The first-order chi connectivity index (χ1) is 9.50. The summed E-state index contributed by atoms with van der Waals surface area (Å²) in [6, 6.07) is 8.94. The minimum absolute atomic E-state index is 0.0289.